The molecular formula is C67H40N4. The Labute approximate surface area is 410 Å². The van der Waals surface area contributed by atoms with E-state index in [1.165, 1.54) is 44.5 Å². The van der Waals surface area contributed by atoms with Gasteiger partial charge in [-0.2, -0.15) is 5.26 Å². The van der Waals surface area contributed by atoms with Crippen molar-refractivity contribution in [3.63, 3.8) is 0 Å². The molecule has 2 aliphatic carbocycles. The summed E-state index contributed by atoms with van der Waals surface area (Å²) in [4.78, 5) is 4.63. The van der Waals surface area contributed by atoms with Gasteiger partial charge < -0.3 is 9.13 Å². The first-order chi connectivity index (χ1) is 35.2. The van der Waals surface area contributed by atoms with Crippen LogP contribution in [0.1, 0.15) is 27.8 Å². The number of hydrogen-bond donors (Lipinski definition) is 0. The van der Waals surface area contributed by atoms with Crippen LogP contribution in [-0.4, -0.2) is 14.1 Å². The molecule has 1 atom stereocenters. The zero-order valence-electron chi connectivity index (χ0n) is 38.4. The van der Waals surface area contributed by atoms with Gasteiger partial charge in [-0.05, 0) is 133 Å². The molecule has 15 rings (SSSR count). The quantitative estimate of drug-likeness (QED) is 0.173. The predicted octanol–water partition coefficient (Wildman–Crippen LogP) is 16.5. The van der Waals surface area contributed by atoms with Gasteiger partial charge in [-0.1, -0.05) is 170 Å². The second-order valence-corrected chi connectivity index (χ2v) is 18.9. The molecule has 1 spiro atoms. The molecule has 3 heterocycles. The van der Waals surface area contributed by atoms with Crippen molar-refractivity contribution >= 4 is 43.6 Å². The summed E-state index contributed by atoms with van der Waals surface area (Å²) in [6.07, 6.45) is 3.97. The molecule has 1 unspecified atom stereocenters. The number of nitrogens with zero attached hydrogens (tertiary/aromatic N) is 4. The van der Waals surface area contributed by atoms with Crippen molar-refractivity contribution in [2.45, 2.75) is 5.41 Å². The van der Waals surface area contributed by atoms with Crippen LogP contribution in [0.3, 0.4) is 0 Å². The molecule has 3 aromatic heterocycles. The monoisotopic (exact) mass is 900 g/mol. The van der Waals surface area contributed by atoms with Crippen LogP contribution < -0.4 is 0 Å². The van der Waals surface area contributed by atoms with Gasteiger partial charge in [-0.3, -0.25) is 4.98 Å². The number of rotatable bonds is 5. The van der Waals surface area contributed by atoms with Crippen LogP contribution in [0.25, 0.3) is 111 Å². The minimum atomic E-state index is -0.483. The fourth-order valence-corrected chi connectivity index (χ4v) is 12.5. The van der Waals surface area contributed by atoms with E-state index in [0.29, 0.717) is 5.56 Å². The van der Waals surface area contributed by atoms with E-state index in [4.69, 9.17) is 0 Å². The molecule has 0 saturated carbocycles. The molecule has 0 radical (unpaired) electrons. The first kappa shape index (κ1) is 39.4. The maximum atomic E-state index is 11.8. The minimum absolute atomic E-state index is 0.483. The van der Waals surface area contributed by atoms with Crippen molar-refractivity contribution in [3.05, 3.63) is 271 Å². The smallest absolute Gasteiger partial charge is 0.104 e. The summed E-state index contributed by atoms with van der Waals surface area (Å²) >= 11 is 0. The zero-order chi connectivity index (χ0) is 46.8. The van der Waals surface area contributed by atoms with E-state index in [1.807, 2.05) is 12.4 Å². The highest BCUT2D eigenvalue weighted by Crippen LogP contribution is 2.63. The van der Waals surface area contributed by atoms with Crippen LogP contribution in [-0.2, 0) is 5.41 Å². The Hall–Kier alpha value is -9.56. The van der Waals surface area contributed by atoms with Crippen molar-refractivity contribution in [2.24, 2.45) is 0 Å². The molecule has 0 saturated heterocycles. The normalized spacial score (nSPS) is 14.2. The predicted molar refractivity (Wildman–Crippen MR) is 290 cm³/mol. The average molecular weight is 901 g/mol. The average Bonchev–Trinajstić information content (AvgIpc) is 4.15. The van der Waals surface area contributed by atoms with Gasteiger partial charge in [0.25, 0.3) is 0 Å². The molecule has 0 N–H and O–H groups in total. The van der Waals surface area contributed by atoms with Crippen molar-refractivity contribution in [1.82, 2.24) is 14.1 Å². The largest absolute Gasteiger partial charge is 0.308 e. The van der Waals surface area contributed by atoms with Crippen LogP contribution in [0.2, 0.25) is 0 Å². The van der Waals surface area contributed by atoms with Gasteiger partial charge in [0.2, 0.25) is 0 Å². The lowest BCUT2D eigenvalue weighted by Gasteiger charge is -2.30. The summed E-state index contributed by atoms with van der Waals surface area (Å²) in [5, 5.41) is 16.3. The molecule has 2 aliphatic rings. The number of nitriles is 1. The Morgan fingerprint density at radius 3 is 1.37 bits per heavy atom. The van der Waals surface area contributed by atoms with Gasteiger partial charge in [0.05, 0.1) is 38.9 Å². The highest BCUT2D eigenvalue weighted by molar-refractivity contribution is 6.13. The summed E-state index contributed by atoms with van der Waals surface area (Å²) in [5.74, 6) is 0. The van der Waals surface area contributed by atoms with Crippen molar-refractivity contribution < 1.29 is 0 Å². The van der Waals surface area contributed by atoms with Crippen molar-refractivity contribution in [1.29, 1.82) is 5.26 Å². The van der Waals surface area contributed by atoms with E-state index in [9.17, 15) is 5.26 Å². The lowest BCUT2D eigenvalue weighted by atomic mass is 9.70. The minimum Gasteiger partial charge on any atom is -0.308 e. The third-order valence-electron chi connectivity index (χ3n) is 15.5. The highest BCUT2D eigenvalue weighted by atomic mass is 15.0. The van der Waals surface area contributed by atoms with Crippen LogP contribution in [0.4, 0.5) is 0 Å². The molecule has 0 fully saturated rings. The molecule has 10 aromatic carbocycles. The van der Waals surface area contributed by atoms with Gasteiger partial charge in [0, 0.05) is 39.5 Å². The third-order valence-corrected chi connectivity index (χ3v) is 15.5. The summed E-state index contributed by atoms with van der Waals surface area (Å²) in [6.45, 7) is 0. The number of benzene rings is 10. The fraction of sp³-hybridized carbons (Fsp3) is 0.0149. The summed E-state index contributed by atoms with van der Waals surface area (Å²) in [5.41, 5.74) is 22.6. The molecule has 4 nitrogen and oxygen atoms in total. The molecule has 0 aliphatic heterocycles. The number of pyridine rings is 1. The maximum absolute atomic E-state index is 11.8. The van der Waals surface area contributed by atoms with Crippen LogP contribution >= 0.6 is 0 Å². The van der Waals surface area contributed by atoms with E-state index in [1.54, 1.807) is 0 Å². The topological polar surface area (TPSA) is 46.5 Å². The van der Waals surface area contributed by atoms with Gasteiger partial charge in [-0.15, -0.1) is 0 Å². The number of hydrogen-bond acceptors (Lipinski definition) is 2. The molecule has 4 heteroatoms. The molecule has 0 amide bonds. The van der Waals surface area contributed by atoms with Crippen molar-refractivity contribution in [2.75, 3.05) is 0 Å². The molecule has 71 heavy (non-hydrogen) atoms. The van der Waals surface area contributed by atoms with Gasteiger partial charge in [0.1, 0.15) is 11.6 Å². The van der Waals surface area contributed by atoms with Crippen molar-refractivity contribution in [3.8, 4) is 73.1 Å². The fourth-order valence-electron chi connectivity index (χ4n) is 12.5. The Morgan fingerprint density at radius 2 is 0.789 bits per heavy atom. The van der Waals surface area contributed by atoms with Gasteiger partial charge >= 0.3 is 0 Å². The third kappa shape index (κ3) is 5.46. The Bertz CT molecular complexity index is 4190. The molecule has 0 bridgehead atoms. The zero-order valence-corrected chi connectivity index (χ0v) is 38.4. The number of fused-ring (bicyclic) bond motifs is 16. The standard InChI is InChI=1S/C67H40N4/c68-40-55-65(70-61-25-13-9-21-50(61)53-36-44(28-31-63(53)70)42-15-3-1-4-16-42)38-47(39-66(55)71-62-26-14-10-22-51(62)54-37-45(29-32-64(54)71)43-17-5-2-6-18-43)46-27-30-59-52(35-46)48-19-7-11-23-57(48)67(59)58-24-12-8-20-49(58)56-41-69-34-33-60(56)67/h1-39,41H. The Balaban J connectivity index is 1.03. The summed E-state index contributed by atoms with van der Waals surface area (Å²) < 4.78 is 4.65. The molecule has 328 valence electrons. The van der Waals surface area contributed by atoms with E-state index < -0.39 is 5.41 Å². The second kappa shape index (κ2) is 15.0. The first-order valence-corrected chi connectivity index (χ1v) is 24.2. The van der Waals surface area contributed by atoms with E-state index >= 15 is 0 Å². The lowest BCUT2D eigenvalue weighted by Crippen LogP contribution is -2.25. The van der Waals surface area contributed by atoms with Crippen LogP contribution in [0, 0.1) is 11.3 Å². The van der Waals surface area contributed by atoms with E-state index in [2.05, 4.69) is 251 Å². The van der Waals surface area contributed by atoms with E-state index in [0.717, 1.165) is 88.4 Å². The summed E-state index contributed by atoms with van der Waals surface area (Å²) in [6, 6.07) is 86.3. The number of aromatic nitrogens is 3. The maximum Gasteiger partial charge on any atom is 0.104 e. The molecule has 13 aromatic rings. The highest BCUT2D eigenvalue weighted by Gasteiger charge is 2.51. The Morgan fingerprint density at radius 1 is 0.338 bits per heavy atom. The number of para-hydroxylation sites is 2. The van der Waals surface area contributed by atoms with Crippen LogP contribution in [0.5, 0.6) is 0 Å². The van der Waals surface area contributed by atoms with E-state index in [-0.39, 0.29) is 0 Å². The first-order valence-electron chi connectivity index (χ1n) is 24.2. The second-order valence-electron chi connectivity index (χ2n) is 18.9. The Kier molecular flexibility index (Phi) is 8.31. The van der Waals surface area contributed by atoms with Gasteiger partial charge in [0.15, 0.2) is 0 Å². The molecular weight excluding hydrogens is 861 g/mol. The van der Waals surface area contributed by atoms with Crippen LogP contribution in [0.15, 0.2) is 243 Å². The van der Waals surface area contributed by atoms with Gasteiger partial charge in [-0.25, -0.2) is 0 Å². The SMILES string of the molecule is N#Cc1c(-n2c3ccccc3c3cc(-c4ccccc4)ccc32)cc(-c2ccc3c(c2)-c2ccccc2C32c3ccccc3-c3cnccc32)cc1-n1c2ccccc2c2cc(-c3ccccc3)ccc21. The lowest BCUT2D eigenvalue weighted by molar-refractivity contribution is 0.792. The summed E-state index contributed by atoms with van der Waals surface area (Å²) in [7, 11) is 0.